The molecule has 0 aliphatic rings. The predicted octanol–water partition coefficient (Wildman–Crippen LogP) is 3.06. The molecule has 7 heteroatoms. The fourth-order valence-corrected chi connectivity index (χ4v) is 2.30. The summed E-state index contributed by atoms with van der Waals surface area (Å²) in [7, 11) is 0. The summed E-state index contributed by atoms with van der Waals surface area (Å²) in [5.74, 6) is -1.48. The van der Waals surface area contributed by atoms with E-state index < -0.39 is 11.9 Å². The second-order valence-corrected chi connectivity index (χ2v) is 5.32. The number of ether oxygens (including phenoxy) is 2. The lowest BCUT2D eigenvalue weighted by atomic mass is 10.0. The van der Waals surface area contributed by atoms with Crippen LogP contribution >= 0.6 is 0 Å². The number of pyridine rings is 1. The van der Waals surface area contributed by atoms with Gasteiger partial charge in [-0.15, -0.1) is 0 Å². The van der Waals surface area contributed by atoms with E-state index in [0.717, 1.165) is 5.56 Å². The number of rotatable bonds is 6. The van der Waals surface area contributed by atoms with Crippen LogP contribution in [0.15, 0.2) is 36.5 Å². The summed E-state index contributed by atoms with van der Waals surface area (Å²) in [4.78, 5) is 39.4. The number of esters is 2. The fraction of sp³-hybridized carbons (Fsp3) is 0.263. The normalized spacial score (nSPS) is 10.1. The molecular weight excluding hydrogens is 336 g/mol. The van der Waals surface area contributed by atoms with E-state index in [1.165, 1.54) is 13.1 Å². The molecular formula is C19H20N2O5. The van der Waals surface area contributed by atoms with Gasteiger partial charge in [-0.3, -0.25) is 4.79 Å². The maximum atomic E-state index is 12.2. The zero-order chi connectivity index (χ0) is 19.1. The first-order valence-electron chi connectivity index (χ1n) is 8.18. The van der Waals surface area contributed by atoms with Gasteiger partial charge in [-0.2, -0.15) is 0 Å². The van der Waals surface area contributed by atoms with E-state index in [9.17, 15) is 14.4 Å². The lowest BCUT2D eigenvalue weighted by molar-refractivity contribution is -0.114. The van der Waals surface area contributed by atoms with Crippen molar-refractivity contribution in [1.82, 2.24) is 4.98 Å². The number of aromatic nitrogens is 1. The van der Waals surface area contributed by atoms with Crippen molar-refractivity contribution in [3.8, 4) is 11.1 Å². The predicted molar refractivity (Wildman–Crippen MR) is 95.9 cm³/mol. The minimum Gasteiger partial charge on any atom is -0.462 e. The molecule has 1 N–H and O–H groups in total. The van der Waals surface area contributed by atoms with E-state index in [1.807, 2.05) is 0 Å². The Hall–Kier alpha value is -3.22. The Bertz CT molecular complexity index is 815. The van der Waals surface area contributed by atoms with Crippen LogP contribution in [0.5, 0.6) is 0 Å². The van der Waals surface area contributed by atoms with Gasteiger partial charge in [0.05, 0.1) is 18.8 Å². The third kappa shape index (κ3) is 4.66. The largest absolute Gasteiger partial charge is 0.462 e. The molecule has 7 nitrogen and oxygen atoms in total. The van der Waals surface area contributed by atoms with Gasteiger partial charge in [0.1, 0.15) is 0 Å². The number of benzene rings is 1. The molecule has 2 aromatic rings. The van der Waals surface area contributed by atoms with Gasteiger partial charge >= 0.3 is 11.9 Å². The summed E-state index contributed by atoms with van der Waals surface area (Å²) in [6, 6.07) is 8.58. The van der Waals surface area contributed by atoms with Crippen molar-refractivity contribution in [2.45, 2.75) is 20.8 Å². The highest BCUT2D eigenvalue weighted by atomic mass is 16.5. The van der Waals surface area contributed by atoms with Gasteiger partial charge in [0.25, 0.3) is 0 Å². The van der Waals surface area contributed by atoms with Crippen molar-refractivity contribution < 1.29 is 23.9 Å². The lowest BCUT2D eigenvalue weighted by Gasteiger charge is -2.10. The van der Waals surface area contributed by atoms with Gasteiger partial charge in [-0.1, -0.05) is 12.1 Å². The average Bonchev–Trinajstić information content (AvgIpc) is 2.62. The molecule has 0 unspecified atom stereocenters. The summed E-state index contributed by atoms with van der Waals surface area (Å²) in [6.07, 6.45) is 1.49. The summed E-state index contributed by atoms with van der Waals surface area (Å²) >= 11 is 0. The third-order valence-electron chi connectivity index (χ3n) is 3.39. The molecule has 0 spiro atoms. The van der Waals surface area contributed by atoms with Crippen LogP contribution in [0, 0.1) is 0 Å². The van der Waals surface area contributed by atoms with Crippen LogP contribution in [0.4, 0.5) is 5.69 Å². The van der Waals surface area contributed by atoms with Gasteiger partial charge in [-0.05, 0) is 37.6 Å². The summed E-state index contributed by atoms with van der Waals surface area (Å²) in [5, 5.41) is 2.68. The van der Waals surface area contributed by atoms with Crippen LogP contribution in [-0.4, -0.2) is 36.0 Å². The zero-order valence-electron chi connectivity index (χ0n) is 14.9. The average molecular weight is 356 g/mol. The number of carbonyl (C=O) groups excluding carboxylic acids is 3. The maximum Gasteiger partial charge on any atom is 0.357 e. The van der Waals surface area contributed by atoms with Gasteiger partial charge in [0.15, 0.2) is 5.69 Å². The number of anilines is 1. The molecule has 26 heavy (non-hydrogen) atoms. The minimum atomic E-state index is -0.678. The van der Waals surface area contributed by atoms with E-state index >= 15 is 0 Å². The highest BCUT2D eigenvalue weighted by Gasteiger charge is 2.22. The topological polar surface area (TPSA) is 94.6 Å². The van der Waals surface area contributed by atoms with Crippen molar-refractivity contribution in [3.63, 3.8) is 0 Å². The van der Waals surface area contributed by atoms with Gasteiger partial charge in [0, 0.05) is 24.4 Å². The van der Waals surface area contributed by atoms with E-state index in [-0.39, 0.29) is 30.4 Å². The van der Waals surface area contributed by atoms with Crippen LogP contribution in [0.3, 0.4) is 0 Å². The SMILES string of the molecule is CCOC(=O)c1cc(-c2ccc(NC(C)=O)cc2)cnc1C(=O)OCC. The smallest absolute Gasteiger partial charge is 0.357 e. The van der Waals surface area contributed by atoms with Crippen molar-refractivity contribution >= 4 is 23.5 Å². The van der Waals surface area contributed by atoms with Crippen molar-refractivity contribution in [2.75, 3.05) is 18.5 Å². The maximum absolute atomic E-state index is 12.2. The van der Waals surface area contributed by atoms with Crippen LogP contribution in [0.25, 0.3) is 11.1 Å². The second-order valence-electron chi connectivity index (χ2n) is 5.32. The van der Waals surface area contributed by atoms with Gasteiger partial charge in [0.2, 0.25) is 5.91 Å². The lowest BCUT2D eigenvalue weighted by Crippen LogP contribution is -2.16. The number of nitrogens with one attached hydrogen (secondary N) is 1. The Kier molecular flexibility index (Phi) is 6.43. The van der Waals surface area contributed by atoms with Gasteiger partial charge < -0.3 is 14.8 Å². The zero-order valence-corrected chi connectivity index (χ0v) is 14.9. The first kappa shape index (κ1) is 19.1. The van der Waals surface area contributed by atoms with Crippen molar-refractivity contribution in [2.24, 2.45) is 0 Å². The molecule has 1 amide bonds. The first-order valence-corrected chi connectivity index (χ1v) is 8.18. The molecule has 0 fully saturated rings. The standard InChI is InChI=1S/C19H20N2O5/c1-4-25-18(23)16-10-14(11-20-17(16)19(24)26-5-2)13-6-8-15(9-7-13)21-12(3)22/h6-11H,4-5H2,1-3H3,(H,21,22). The van der Waals surface area contributed by atoms with Crippen molar-refractivity contribution in [3.05, 3.63) is 47.8 Å². The highest BCUT2D eigenvalue weighted by molar-refractivity contribution is 6.02. The van der Waals surface area contributed by atoms with Crippen LogP contribution in [-0.2, 0) is 14.3 Å². The van der Waals surface area contributed by atoms with Crippen molar-refractivity contribution in [1.29, 1.82) is 0 Å². The molecule has 0 saturated carbocycles. The second kappa shape index (κ2) is 8.75. The van der Waals surface area contributed by atoms with Crippen LogP contribution in [0.2, 0.25) is 0 Å². The molecule has 1 aromatic carbocycles. The Labute approximate surface area is 151 Å². The number of hydrogen-bond acceptors (Lipinski definition) is 6. The molecule has 1 heterocycles. The molecule has 0 aliphatic carbocycles. The fourth-order valence-electron chi connectivity index (χ4n) is 2.30. The van der Waals surface area contributed by atoms with E-state index in [2.05, 4.69) is 10.3 Å². The number of hydrogen-bond donors (Lipinski definition) is 1. The third-order valence-corrected chi connectivity index (χ3v) is 3.39. The Morgan fingerprint density at radius 2 is 1.58 bits per heavy atom. The molecule has 136 valence electrons. The van der Waals surface area contributed by atoms with E-state index in [1.54, 1.807) is 44.2 Å². The molecule has 2 rings (SSSR count). The number of carbonyl (C=O) groups is 3. The molecule has 0 radical (unpaired) electrons. The Morgan fingerprint density at radius 1 is 0.962 bits per heavy atom. The molecule has 0 bridgehead atoms. The van der Waals surface area contributed by atoms with E-state index in [4.69, 9.17) is 9.47 Å². The molecule has 1 aromatic heterocycles. The number of amides is 1. The number of nitrogens with zero attached hydrogens (tertiary/aromatic N) is 1. The highest BCUT2D eigenvalue weighted by Crippen LogP contribution is 2.24. The molecule has 0 saturated heterocycles. The summed E-state index contributed by atoms with van der Waals surface area (Å²) in [5.41, 5.74) is 2.03. The van der Waals surface area contributed by atoms with Crippen LogP contribution < -0.4 is 5.32 Å². The Balaban J connectivity index is 2.40. The first-order chi connectivity index (χ1) is 12.5. The summed E-state index contributed by atoms with van der Waals surface area (Å²) < 4.78 is 9.96. The quantitative estimate of drug-likeness (QED) is 0.800. The monoisotopic (exact) mass is 356 g/mol. The molecule has 0 atom stereocenters. The van der Waals surface area contributed by atoms with Crippen LogP contribution in [0.1, 0.15) is 41.6 Å². The Morgan fingerprint density at radius 3 is 2.15 bits per heavy atom. The minimum absolute atomic E-state index is 0.0498. The van der Waals surface area contributed by atoms with E-state index in [0.29, 0.717) is 11.3 Å². The summed E-state index contributed by atoms with van der Waals surface area (Å²) in [6.45, 7) is 5.14. The molecule has 0 aliphatic heterocycles. The van der Waals surface area contributed by atoms with Gasteiger partial charge in [-0.25, -0.2) is 14.6 Å².